The topological polar surface area (TPSA) is 26.0 Å². The molecule has 1 saturated carbocycles. The summed E-state index contributed by atoms with van der Waals surface area (Å²) in [5.41, 5.74) is 5.24. The van der Waals surface area contributed by atoms with Crippen molar-refractivity contribution in [2.45, 2.75) is 45.3 Å². The van der Waals surface area contributed by atoms with Gasteiger partial charge in [0.15, 0.2) is 0 Å². The molecule has 1 nitrogen and oxygen atoms in total. The van der Waals surface area contributed by atoms with Crippen LogP contribution in [0.25, 0.3) is 0 Å². The molecule has 0 spiro atoms. The number of nitrogens with two attached hydrogens (primary N) is 1. The summed E-state index contributed by atoms with van der Waals surface area (Å²) in [6.45, 7) is 4.22. The van der Waals surface area contributed by atoms with Gasteiger partial charge in [-0.2, -0.15) is 13.2 Å². The zero-order valence-corrected chi connectivity index (χ0v) is 12.3. The van der Waals surface area contributed by atoms with Gasteiger partial charge in [0.25, 0.3) is 0 Å². The maximum atomic E-state index is 13.9. The van der Waals surface area contributed by atoms with Crippen molar-refractivity contribution in [3.05, 3.63) is 35.1 Å². The maximum Gasteiger partial charge on any atom is 0.416 e. The molecule has 1 fully saturated rings. The first kappa shape index (κ1) is 16.3. The van der Waals surface area contributed by atoms with Crippen molar-refractivity contribution in [1.82, 2.24) is 0 Å². The van der Waals surface area contributed by atoms with Crippen LogP contribution in [-0.4, -0.2) is 0 Å². The fourth-order valence-corrected chi connectivity index (χ4v) is 3.53. The van der Waals surface area contributed by atoms with E-state index in [2.05, 4.69) is 13.8 Å². The van der Waals surface area contributed by atoms with Crippen LogP contribution in [0.3, 0.4) is 0 Å². The molecule has 2 N–H and O–H groups in total. The van der Waals surface area contributed by atoms with Crippen LogP contribution in [0.1, 0.15) is 50.3 Å². The lowest BCUT2D eigenvalue weighted by Crippen LogP contribution is -2.30. The molecule has 2 rings (SSSR count). The van der Waals surface area contributed by atoms with Gasteiger partial charge in [-0.25, -0.2) is 4.39 Å². The summed E-state index contributed by atoms with van der Waals surface area (Å²) in [6.07, 6.45) is -1.72. The predicted molar refractivity (Wildman–Crippen MR) is 74.0 cm³/mol. The van der Waals surface area contributed by atoms with Crippen molar-refractivity contribution >= 4 is 0 Å². The molecule has 0 radical (unpaired) electrons. The second-order valence-corrected chi connectivity index (χ2v) is 6.44. The Kier molecular flexibility index (Phi) is 4.61. The van der Waals surface area contributed by atoms with Crippen molar-refractivity contribution in [1.29, 1.82) is 0 Å². The quantitative estimate of drug-likeness (QED) is 0.771. The Bertz CT molecular complexity index is 488. The molecule has 0 aliphatic heterocycles. The average molecular weight is 303 g/mol. The molecule has 0 aromatic heterocycles. The van der Waals surface area contributed by atoms with Gasteiger partial charge in [-0.3, -0.25) is 0 Å². The fraction of sp³-hybridized carbons (Fsp3) is 0.625. The summed E-state index contributed by atoms with van der Waals surface area (Å²) in [4.78, 5) is 0. The first-order chi connectivity index (χ1) is 9.68. The SMILES string of the molecule is CC1CC(C)CC(C(N)c2cc(C(F)(F)F)ccc2F)C1. The zero-order chi connectivity index (χ0) is 15.8. The van der Waals surface area contributed by atoms with E-state index in [0.717, 1.165) is 37.5 Å². The summed E-state index contributed by atoms with van der Waals surface area (Å²) in [6, 6.07) is 1.81. The predicted octanol–water partition coefficient (Wildman–Crippen LogP) is 4.92. The molecule has 0 heterocycles. The van der Waals surface area contributed by atoms with Crippen LogP contribution in [0.4, 0.5) is 17.6 Å². The van der Waals surface area contributed by atoms with E-state index in [9.17, 15) is 17.6 Å². The Morgan fingerprint density at radius 3 is 2.19 bits per heavy atom. The van der Waals surface area contributed by atoms with E-state index in [1.807, 2.05) is 0 Å². The highest BCUT2D eigenvalue weighted by atomic mass is 19.4. The van der Waals surface area contributed by atoms with Gasteiger partial charge in [-0.05, 0) is 55.2 Å². The van der Waals surface area contributed by atoms with Gasteiger partial charge in [0, 0.05) is 11.6 Å². The smallest absolute Gasteiger partial charge is 0.324 e. The fourth-order valence-electron chi connectivity index (χ4n) is 3.53. The molecule has 1 aromatic carbocycles. The van der Waals surface area contributed by atoms with Crippen LogP contribution in [0.5, 0.6) is 0 Å². The Morgan fingerprint density at radius 1 is 1.10 bits per heavy atom. The van der Waals surface area contributed by atoms with Crippen LogP contribution >= 0.6 is 0 Å². The monoisotopic (exact) mass is 303 g/mol. The van der Waals surface area contributed by atoms with E-state index in [-0.39, 0.29) is 11.5 Å². The number of hydrogen-bond acceptors (Lipinski definition) is 1. The number of hydrogen-bond donors (Lipinski definition) is 1. The Hall–Kier alpha value is -1.10. The Morgan fingerprint density at radius 2 is 1.67 bits per heavy atom. The van der Waals surface area contributed by atoms with E-state index >= 15 is 0 Å². The first-order valence-electron chi connectivity index (χ1n) is 7.30. The first-order valence-corrected chi connectivity index (χ1v) is 7.30. The van der Waals surface area contributed by atoms with Crippen molar-refractivity contribution in [2.75, 3.05) is 0 Å². The summed E-state index contributed by atoms with van der Waals surface area (Å²) >= 11 is 0. The van der Waals surface area contributed by atoms with Gasteiger partial charge in [-0.15, -0.1) is 0 Å². The van der Waals surface area contributed by atoms with Crippen LogP contribution in [-0.2, 0) is 6.18 Å². The van der Waals surface area contributed by atoms with Gasteiger partial charge >= 0.3 is 6.18 Å². The number of rotatable bonds is 2. The minimum atomic E-state index is -4.48. The molecule has 1 aromatic rings. The van der Waals surface area contributed by atoms with Crippen LogP contribution in [0.15, 0.2) is 18.2 Å². The van der Waals surface area contributed by atoms with E-state index in [1.54, 1.807) is 0 Å². The molecular formula is C16H21F4N. The molecule has 0 saturated heterocycles. The van der Waals surface area contributed by atoms with Gasteiger partial charge in [0.2, 0.25) is 0 Å². The van der Waals surface area contributed by atoms with Gasteiger partial charge in [0.1, 0.15) is 5.82 Å². The third kappa shape index (κ3) is 3.76. The molecule has 1 aliphatic carbocycles. The minimum Gasteiger partial charge on any atom is -0.324 e. The Labute approximate surface area is 122 Å². The lowest BCUT2D eigenvalue weighted by Gasteiger charge is -2.35. The van der Waals surface area contributed by atoms with E-state index < -0.39 is 23.6 Å². The van der Waals surface area contributed by atoms with Crippen LogP contribution in [0, 0.1) is 23.6 Å². The number of benzene rings is 1. The highest BCUT2D eigenvalue weighted by Crippen LogP contribution is 2.40. The van der Waals surface area contributed by atoms with Gasteiger partial charge < -0.3 is 5.73 Å². The molecule has 21 heavy (non-hydrogen) atoms. The molecule has 3 atom stereocenters. The minimum absolute atomic E-state index is 0.0175. The van der Waals surface area contributed by atoms with E-state index in [4.69, 9.17) is 5.73 Å². The second kappa shape index (κ2) is 5.95. The second-order valence-electron chi connectivity index (χ2n) is 6.44. The van der Waals surface area contributed by atoms with Crippen LogP contribution < -0.4 is 5.73 Å². The van der Waals surface area contributed by atoms with Crippen molar-refractivity contribution < 1.29 is 17.6 Å². The molecule has 0 amide bonds. The van der Waals surface area contributed by atoms with Crippen LogP contribution in [0.2, 0.25) is 0 Å². The maximum absolute atomic E-state index is 13.9. The average Bonchev–Trinajstić information content (AvgIpc) is 2.36. The Balaban J connectivity index is 2.28. The van der Waals surface area contributed by atoms with Gasteiger partial charge in [0.05, 0.1) is 5.56 Å². The van der Waals surface area contributed by atoms with E-state index in [0.29, 0.717) is 11.8 Å². The lowest BCUT2D eigenvalue weighted by atomic mass is 9.72. The standard InChI is InChI=1S/C16H21F4N/c1-9-5-10(2)7-11(6-9)15(21)13-8-12(16(18,19)20)3-4-14(13)17/h3-4,8-11,15H,5-7,21H2,1-2H3. The van der Waals surface area contributed by atoms with Gasteiger partial charge in [-0.1, -0.05) is 13.8 Å². The van der Waals surface area contributed by atoms with E-state index in [1.165, 1.54) is 0 Å². The zero-order valence-electron chi connectivity index (χ0n) is 12.3. The summed E-state index contributed by atoms with van der Waals surface area (Å²) < 4.78 is 52.2. The molecule has 3 unspecified atom stereocenters. The molecule has 0 bridgehead atoms. The summed E-state index contributed by atoms with van der Waals surface area (Å²) in [5, 5.41) is 0. The third-order valence-corrected chi connectivity index (χ3v) is 4.41. The van der Waals surface area contributed by atoms with Crippen molar-refractivity contribution in [2.24, 2.45) is 23.5 Å². The molecule has 118 valence electrons. The lowest BCUT2D eigenvalue weighted by molar-refractivity contribution is -0.137. The highest BCUT2D eigenvalue weighted by Gasteiger charge is 2.34. The largest absolute Gasteiger partial charge is 0.416 e. The third-order valence-electron chi connectivity index (χ3n) is 4.41. The number of alkyl halides is 3. The molecule has 5 heteroatoms. The summed E-state index contributed by atoms with van der Waals surface area (Å²) in [5.74, 6) is 0.320. The molecular weight excluding hydrogens is 282 g/mol. The normalized spacial score (nSPS) is 28.4. The highest BCUT2D eigenvalue weighted by molar-refractivity contribution is 5.30. The molecule has 1 aliphatic rings. The number of halogens is 4. The van der Waals surface area contributed by atoms with Crippen molar-refractivity contribution in [3.8, 4) is 0 Å². The van der Waals surface area contributed by atoms with Crippen molar-refractivity contribution in [3.63, 3.8) is 0 Å². The summed E-state index contributed by atoms with van der Waals surface area (Å²) in [7, 11) is 0.